The van der Waals surface area contributed by atoms with Crippen molar-refractivity contribution in [2.24, 2.45) is 0 Å². The Labute approximate surface area is 128 Å². The molecule has 3 heteroatoms. The molecule has 2 aromatic carbocycles. The van der Waals surface area contributed by atoms with Crippen LogP contribution in [-0.2, 0) is 11.8 Å². The highest BCUT2D eigenvalue weighted by Gasteiger charge is 2.39. The van der Waals surface area contributed by atoms with Crippen molar-refractivity contribution >= 4 is 15.9 Å². The van der Waals surface area contributed by atoms with Crippen molar-refractivity contribution in [3.63, 3.8) is 0 Å². The normalized spacial score (nSPS) is 16.5. The van der Waals surface area contributed by atoms with Gasteiger partial charge in [-0.25, -0.2) is 0 Å². The van der Waals surface area contributed by atoms with Crippen molar-refractivity contribution < 1.29 is 4.74 Å². The second-order valence-electron chi connectivity index (χ2n) is 5.39. The first-order valence-corrected chi connectivity index (χ1v) is 7.61. The Morgan fingerprint density at radius 2 is 1.95 bits per heavy atom. The number of hydrogen-bond donors (Lipinski definition) is 1. The Morgan fingerprint density at radius 3 is 2.60 bits per heavy atom. The highest BCUT2D eigenvalue weighted by atomic mass is 79.9. The quantitative estimate of drug-likeness (QED) is 0.925. The Kier molecular flexibility index (Phi) is 3.81. The molecule has 0 radical (unpaired) electrons. The van der Waals surface area contributed by atoms with Gasteiger partial charge in [0.1, 0.15) is 5.75 Å². The molecule has 0 aromatic heterocycles. The monoisotopic (exact) mass is 331 g/mol. The van der Waals surface area contributed by atoms with Crippen LogP contribution in [0.2, 0.25) is 0 Å². The predicted molar refractivity (Wildman–Crippen MR) is 85.4 cm³/mol. The van der Waals surface area contributed by atoms with E-state index in [-0.39, 0.29) is 5.41 Å². The highest BCUT2D eigenvalue weighted by Crippen LogP contribution is 2.37. The number of ether oxygens (including phenoxy) is 1. The van der Waals surface area contributed by atoms with Gasteiger partial charge in [-0.15, -0.1) is 0 Å². The zero-order chi connectivity index (χ0) is 14.0. The molecule has 2 aromatic rings. The smallest absolute Gasteiger partial charge is 0.119 e. The number of hydrogen-bond acceptors (Lipinski definition) is 2. The Morgan fingerprint density at radius 1 is 1.15 bits per heavy atom. The summed E-state index contributed by atoms with van der Waals surface area (Å²) in [6.07, 6.45) is 1.03. The molecule has 0 bridgehead atoms. The Hall–Kier alpha value is -1.32. The summed E-state index contributed by atoms with van der Waals surface area (Å²) < 4.78 is 6.52. The predicted octanol–water partition coefficient (Wildman–Crippen LogP) is 3.54. The summed E-state index contributed by atoms with van der Waals surface area (Å²) in [7, 11) is 1.72. The minimum Gasteiger partial charge on any atom is -0.497 e. The van der Waals surface area contributed by atoms with Crippen LogP contribution in [0.4, 0.5) is 0 Å². The number of nitrogens with one attached hydrogen (secondary N) is 1. The molecule has 0 spiro atoms. The van der Waals surface area contributed by atoms with Crippen LogP contribution in [0, 0.1) is 0 Å². The second-order valence-corrected chi connectivity index (χ2v) is 6.25. The number of rotatable bonds is 4. The average molecular weight is 332 g/mol. The molecule has 1 heterocycles. The Bertz CT molecular complexity index is 607. The van der Waals surface area contributed by atoms with Crippen LogP contribution in [0.15, 0.2) is 53.0 Å². The molecular weight excluding hydrogens is 314 g/mol. The summed E-state index contributed by atoms with van der Waals surface area (Å²) in [6, 6.07) is 16.9. The molecule has 1 fully saturated rings. The van der Waals surface area contributed by atoms with Gasteiger partial charge in [-0.2, -0.15) is 0 Å². The summed E-state index contributed by atoms with van der Waals surface area (Å²) in [5, 5.41) is 3.42. The zero-order valence-corrected chi connectivity index (χ0v) is 13.1. The van der Waals surface area contributed by atoms with Crippen molar-refractivity contribution in [1.82, 2.24) is 5.32 Å². The van der Waals surface area contributed by atoms with E-state index in [4.69, 9.17) is 4.74 Å². The molecule has 0 atom stereocenters. The van der Waals surface area contributed by atoms with Crippen molar-refractivity contribution in [1.29, 1.82) is 0 Å². The van der Waals surface area contributed by atoms with Gasteiger partial charge in [-0.3, -0.25) is 0 Å². The SMILES string of the molecule is COc1cccc(CC2(c3ccccc3Br)CNC2)c1. The van der Waals surface area contributed by atoms with Crippen LogP contribution >= 0.6 is 15.9 Å². The van der Waals surface area contributed by atoms with E-state index in [2.05, 4.69) is 63.7 Å². The lowest BCUT2D eigenvalue weighted by Gasteiger charge is -2.44. The zero-order valence-electron chi connectivity index (χ0n) is 11.5. The highest BCUT2D eigenvalue weighted by molar-refractivity contribution is 9.10. The van der Waals surface area contributed by atoms with Gasteiger partial charge in [0.15, 0.2) is 0 Å². The van der Waals surface area contributed by atoms with E-state index < -0.39 is 0 Å². The van der Waals surface area contributed by atoms with Gasteiger partial charge in [0, 0.05) is 23.0 Å². The van der Waals surface area contributed by atoms with Gasteiger partial charge in [-0.1, -0.05) is 46.3 Å². The van der Waals surface area contributed by atoms with Crippen LogP contribution in [0.25, 0.3) is 0 Å². The van der Waals surface area contributed by atoms with E-state index in [1.165, 1.54) is 15.6 Å². The second kappa shape index (κ2) is 5.58. The van der Waals surface area contributed by atoms with Crippen LogP contribution in [0.3, 0.4) is 0 Å². The molecule has 1 aliphatic heterocycles. The van der Waals surface area contributed by atoms with Gasteiger partial charge < -0.3 is 10.1 Å². The largest absolute Gasteiger partial charge is 0.497 e. The van der Waals surface area contributed by atoms with E-state index in [0.29, 0.717) is 0 Å². The van der Waals surface area contributed by atoms with Crippen LogP contribution in [-0.4, -0.2) is 20.2 Å². The van der Waals surface area contributed by atoms with Crippen molar-refractivity contribution in [3.05, 3.63) is 64.1 Å². The van der Waals surface area contributed by atoms with E-state index in [0.717, 1.165) is 25.3 Å². The molecule has 0 amide bonds. The molecule has 0 saturated carbocycles. The maximum Gasteiger partial charge on any atom is 0.119 e. The molecule has 1 saturated heterocycles. The molecule has 104 valence electrons. The summed E-state index contributed by atoms with van der Waals surface area (Å²) in [6.45, 7) is 2.04. The van der Waals surface area contributed by atoms with Gasteiger partial charge in [-0.05, 0) is 35.7 Å². The fourth-order valence-electron chi connectivity index (χ4n) is 2.90. The third kappa shape index (κ3) is 2.48. The lowest BCUT2D eigenvalue weighted by molar-refractivity contribution is 0.273. The molecule has 20 heavy (non-hydrogen) atoms. The average Bonchev–Trinajstić information content (AvgIpc) is 2.44. The standard InChI is InChI=1S/C17H18BrNO/c1-20-14-6-4-5-13(9-14)10-17(11-19-12-17)15-7-2-3-8-16(15)18/h2-9,19H,10-12H2,1H3. The molecule has 1 aliphatic rings. The first-order chi connectivity index (χ1) is 9.73. The number of benzene rings is 2. The van der Waals surface area contributed by atoms with Gasteiger partial charge in [0.25, 0.3) is 0 Å². The topological polar surface area (TPSA) is 21.3 Å². The summed E-state index contributed by atoms with van der Waals surface area (Å²) in [5.41, 5.74) is 2.90. The maximum atomic E-state index is 5.33. The van der Waals surface area contributed by atoms with Crippen LogP contribution < -0.4 is 10.1 Å². The van der Waals surface area contributed by atoms with Crippen LogP contribution in [0.1, 0.15) is 11.1 Å². The van der Waals surface area contributed by atoms with Crippen molar-refractivity contribution in [2.75, 3.05) is 20.2 Å². The summed E-state index contributed by atoms with van der Waals surface area (Å²) >= 11 is 3.70. The van der Waals surface area contributed by atoms with E-state index in [9.17, 15) is 0 Å². The Balaban J connectivity index is 1.92. The molecule has 0 aliphatic carbocycles. The fraction of sp³-hybridized carbons (Fsp3) is 0.294. The van der Waals surface area contributed by atoms with E-state index >= 15 is 0 Å². The first kappa shape index (κ1) is 13.7. The minimum atomic E-state index is 0.187. The molecule has 2 nitrogen and oxygen atoms in total. The lowest BCUT2D eigenvalue weighted by atomic mass is 9.71. The molecule has 0 unspecified atom stereocenters. The maximum absolute atomic E-state index is 5.33. The van der Waals surface area contributed by atoms with E-state index in [1.54, 1.807) is 7.11 Å². The van der Waals surface area contributed by atoms with Crippen molar-refractivity contribution in [3.8, 4) is 5.75 Å². The van der Waals surface area contributed by atoms with Gasteiger partial charge >= 0.3 is 0 Å². The van der Waals surface area contributed by atoms with Gasteiger partial charge in [0.05, 0.1) is 7.11 Å². The minimum absolute atomic E-state index is 0.187. The summed E-state index contributed by atoms with van der Waals surface area (Å²) in [5.74, 6) is 0.928. The number of methoxy groups -OCH3 is 1. The fourth-order valence-corrected chi connectivity index (χ4v) is 3.61. The van der Waals surface area contributed by atoms with Gasteiger partial charge in [0.2, 0.25) is 0 Å². The van der Waals surface area contributed by atoms with E-state index in [1.807, 2.05) is 6.07 Å². The molecular formula is C17H18BrNO. The van der Waals surface area contributed by atoms with Crippen molar-refractivity contribution in [2.45, 2.75) is 11.8 Å². The third-order valence-corrected chi connectivity index (χ3v) is 4.74. The van der Waals surface area contributed by atoms with Crippen LogP contribution in [0.5, 0.6) is 5.75 Å². The first-order valence-electron chi connectivity index (χ1n) is 6.82. The summed E-state index contributed by atoms with van der Waals surface area (Å²) in [4.78, 5) is 0. The third-order valence-electron chi connectivity index (χ3n) is 4.05. The lowest BCUT2D eigenvalue weighted by Crippen LogP contribution is -2.58. The molecule has 3 rings (SSSR count). The molecule has 1 N–H and O–H groups in total. The number of halogens is 1.